The van der Waals surface area contributed by atoms with Crippen molar-refractivity contribution in [2.45, 2.75) is 26.6 Å². The van der Waals surface area contributed by atoms with E-state index in [9.17, 15) is 9.90 Å². The van der Waals surface area contributed by atoms with Crippen LogP contribution in [0.15, 0.2) is 30.3 Å². The van der Waals surface area contributed by atoms with Gasteiger partial charge in [0.05, 0.1) is 30.0 Å². The lowest BCUT2D eigenvalue weighted by Crippen LogP contribution is -2.36. The highest BCUT2D eigenvalue weighted by Gasteiger charge is 2.20. The third-order valence-corrected chi connectivity index (χ3v) is 4.41. The number of carbonyl (C=O) groups excluding carboxylic acids is 1. The Morgan fingerprint density at radius 2 is 2.04 bits per heavy atom. The summed E-state index contributed by atoms with van der Waals surface area (Å²) >= 11 is 1.38. The van der Waals surface area contributed by atoms with Gasteiger partial charge in [-0.15, -0.1) is 11.3 Å². The Kier molecular flexibility index (Phi) is 6.27. The first-order chi connectivity index (χ1) is 11.0. The molecule has 0 radical (unpaired) electrons. The first-order valence-electron chi connectivity index (χ1n) is 7.46. The van der Waals surface area contributed by atoms with Crippen LogP contribution in [0.1, 0.15) is 25.9 Å². The topological polar surface area (TPSA) is 62.7 Å². The van der Waals surface area contributed by atoms with Crippen LogP contribution < -0.4 is 0 Å². The Morgan fingerprint density at radius 1 is 1.35 bits per heavy atom. The normalized spacial score (nSPS) is 12.2. The summed E-state index contributed by atoms with van der Waals surface area (Å²) < 4.78 is 5.50. The lowest BCUT2D eigenvalue weighted by Gasteiger charge is -2.20. The molecule has 1 unspecified atom stereocenters. The molecule has 0 fully saturated rings. The molecule has 1 N–H and O–H groups in total. The maximum absolute atomic E-state index is 12.4. The minimum Gasteiger partial charge on any atom is -0.389 e. The van der Waals surface area contributed by atoms with Crippen molar-refractivity contribution in [1.29, 1.82) is 0 Å². The summed E-state index contributed by atoms with van der Waals surface area (Å²) in [6, 6.07) is 9.78. The van der Waals surface area contributed by atoms with E-state index in [4.69, 9.17) is 4.74 Å². The number of carbonyl (C=O) groups is 1. The van der Waals surface area contributed by atoms with Gasteiger partial charge in [0.25, 0.3) is 5.91 Å². The molecule has 0 aliphatic heterocycles. The smallest absolute Gasteiger partial charge is 0.265 e. The van der Waals surface area contributed by atoms with Crippen LogP contribution in [0.25, 0.3) is 0 Å². The van der Waals surface area contributed by atoms with E-state index >= 15 is 0 Å². The highest BCUT2D eigenvalue weighted by Crippen LogP contribution is 2.18. The van der Waals surface area contributed by atoms with E-state index in [0.29, 0.717) is 11.5 Å². The third-order valence-electron chi connectivity index (χ3n) is 3.35. The lowest BCUT2D eigenvalue weighted by atomic mass is 10.2. The molecule has 1 aromatic heterocycles. The summed E-state index contributed by atoms with van der Waals surface area (Å²) in [5.41, 5.74) is 1.79. The SMILES string of the molecule is Cc1nc(C)c(C(=O)N(C)CC(O)COCc2ccccc2)s1. The minimum absolute atomic E-state index is 0.116. The number of aliphatic hydroxyl groups excluding tert-OH is 1. The molecule has 0 aliphatic rings. The van der Waals surface area contributed by atoms with E-state index in [-0.39, 0.29) is 19.1 Å². The number of ether oxygens (including phenoxy) is 1. The second-order valence-electron chi connectivity index (χ2n) is 5.49. The zero-order valence-electron chi connectivity index (χ0n) is 13.7. The molecule has 1 atom stereocenters. The number of rotatable bonds is 7. The van der Waals surface area contributed by atoms with Crippen LogP contribution in [0, 0.1) is 13.8 Å². The van der Waals surface area contributed by atoms with Crippen LogP contribution in [-0.4, -0.2) is 47.2 Å². The average Bonchev–Trinajstić information content (AvgIpc) is 2.86. The summed E-state index contributed by atoms with van der Waals surface area (Å²) in [4.78, 5) is 18.8. The first kappa shape index (κ1) is 17.6. The molecule has 0 spiro atoms. The largest absolute Gasteiger partial charge is 0.389 e. The van der Waals surface area contributed by atoms with Gasteiger partial charge >= 0.3 is 0 Å². The van der Waals surface area contributed by atoms with Crippen molar-refractivity contribution >= 4 is 17.2 Å². The Morgan fingerprint density at radius 3 is 2.65 bits per heavy atom. The number of amides is 1. The lowest BCUT2D eigenvalue weighted by molar-refractivity contribution is 0.0137. The van der Waals surface area contributed by atoms with Crippen molar-refractivity contribution in [3.05, 3.63) is 51.5 Å². The van der Waals surface area contributed by atoms with E-state index in [2.05, 4.69) is 4.98 Å². The van der Waals surface area contributed by atoms with Gasteiger partial charge < -0.3 is 14.7 Å². The number of hydrogen-bond donors (Lipinski definition) is 1. The van der Waals surface area contributed by atoms with Gasteiger partial charge in [-0.3, -0.25) is 4.79 Å². The van der Waals surface area contributed by atoms with Gasteiger partial charge in [-0.1, -0.05) is 30.3 Å². The monoisotopic (exact) mass is 334 g/mol. The standard InChI is InChI=1S/C17H22N2O3S/c1-12-16(23-13(2)18-12)17(21)19(3)9-15(20)11-22-10-14-7-5-4-6-8-14/h4-8,15,20H,9-11H2,1-3H3. The molecule has 0 saturated heterocycles. The molecule has 1 aromatic carbocycles. The number of thiazole rings is 1. The summed E-state index contributed by atoms with van der Waals surface area (Å²) in [6.07, 6.45) is -0.720. The van der Waals surface area contributed by atoms with Crippen molar-refractivity contribution in [2.75, 3.05) is 20.2 Å². The zero-order chi connectivity index (χ0) is 16.8. The summed E-state index contributed by atoms with van der Waals surface area (Å²) in [5, 5.41) is 10.9. The van der Waals surface area contributed by atoms with Crippen molar-refractivity contribution in [3.63, 3.8) is 0 Å². The second-order valence-corrected chi connectivity index (χ2v) is 6.69. The molecule has 1 heterocycles. The highest BCUT2D eigenvalue weighted by molar-refractivity contribution is 7.13. The number of aliphatic hydroxyl groups is 1. The maximum Gasteiger partial charge on any atom is 0.265 e. The Labute approximate surface area is 140 Å². The average molecular weight is 334 g/mol. The van der Waals surface area contributed by atoms with Gasteiger partial charge in [-0.2, -0.15) is 0 Å². The molecule has 6 heteroatoms. The molecule has 0 bridgehead atoms. The van der Waals surface area contributed by atoms with Crippen molar-refractivity contribution in [2.24, 2.45) is 0 Å². The van der Waals surface area contributed by atoms with Gasteiger partial charge in [0, 0.05) is 13.6 Å². The summed E-state index contributed by atoms with van der Waals surface area (Å²) in [7, 11) is 1.68. The fourth-order valence-corrected chi connectivity index (χ4v) is 3.16. The van der Waals surface area contributed by atoms with Crippen LogP contribution in [0.2, 0.25) is 0 Å². The van der Waals surface area contributed by atoms with Crippen molar-refractivity contribution in [1.82, 2.24) is 9.88 Å². The van der Waals surface area contributed by atoms with Crippen molar-refractivity contribution in [3.8, 4) is 0 Å². The van der Waals surface area contributed by atoms with Gasteiger partial charge in [-0.25, -0.2) is 4.98 Å². The van der Waals surface area contributed by atoms with Gasteiger partial charge in [0.15, 0.2) is 0 Å². The Bertz CT molecular complexity index is 643. The summed E-state index contributed by atoms with van der Waals surface area (Å²) in [6.45, 7) is 4.56. The summed E-state index contributed by atoms with van der Waals surface area (Å²) in [5.74, 6) is -0.116. The maximum atomic E-state index is 12.4. The molecule has 2 aromatic rings. The van der Waals surface area contributed by atoms with Crippen LogP contribution in [0.5, 0.6) is 0 Å². The van der Waals surface area contributed by atoms with Crippen LogP contribution in [-0.2, 0) is 11.3 Å². The van der Waals surface area contributed by atoms with Gasteiger partial charge in [0.1, 0.15) is 4.88 Å². The molecular formula is C17H22N2O3S. The number of aromatic nitrogens is 1. The van der Waals surface area contributed by atoms with E-state index < -0.39 is 6.10 Å². The van der Waals surface area contributed by atoms with Crippen LogP contribution in [0.4, 0.5) is 0 Å². The molecule has 0 aliphatic carbocycles. The number of benzene rings is 1. The predicted molar refractivity (Wildman–Crippen MR) is 90.7 cm³/mol. The van der Waals surface area contributed by atoms with Crippen LogP contribution in [0.3, 0.4) is 0 Å². The molecule has 124 valence electrons. The second kappa shape index (κ2) is 8.19. The van der Waals surface area contributed by atoms with Crippen LogP contribution >= 0.6 is 11.3 Å². The zero-order valence-corrected chi connectivity index (χ0v) is 14.5. The molecule has 1 amide bonds. The van der Waals surface area contributed by atoms with E-state index in [1.165, 1.54) is 16.2 Å². The fraction of sp³-hybridized carbons (Fsp3) is 0.412. The quantitative estimate of drug-likeness (QED) is 0.845. The molecule has 0 saturated carbocycles. The Balaban J connectivity index is 1.79. The molecular weight excluding hydrogens is 312 g/mol. The van der Waals surface area contributed by atoms with E-state index in [0.717, 1.165) is 16.3 Å². The number of aryl methyl sites for hydroxylation is 2. The van der Waals surface area contributed by atoms with E-state index in [1.54, 1.807) is 7.05 Å². The third kappa shape index (κ3) is 5.13. The number of hydrogen-bond acceptors (Lipinski definition) is 5. The van der Waals surface area contributed by atoms with E-state index in [1.807, 2.05) is 44.2 Å². The van der Waals surface area contributed by atoms with Crippen molar-refractivity contribution < 1.29 is 14.6 Å². The number of nitrogens with zero attached hydrogens (tertiary/aromatic N) is 2. The Hall–Kier alpha value is -1.76. The first-order valence-corrected chi connectivity index (χ1v) is 8.28. The minimum atomic E-state index is -0.720. The molecule has 23 heavy (non-hydrogen) atoms. The predicted octanol–water partition coefficient (Wildman–Crippen LogP) is 2.41. The van der Waals surface area contributed by atoms with Gasteiger partial charge in [0.2, 0.25) is 0 Å². The molecule has 2 rings (SSSR count). The highest BCUT2D eigenvalue weighted by atomic mass is 32.1. The number of likely N-dealkylation sites (N-methyl/N-ethyl adjacent to an activating group) is 1. The van der Waals surface area contributed by atoms with Gasteiger partial charge in [-0.05, 0) is 19.4 Å². The fourth-order valence-electron chi connectivity index (χ4n) is 2.24. The molecule has 5 nitrogen and oxygen atoms in total.